The van der Waals surface area contributed by atoms with Crippen molar-refractivity contribution in [2.75, 3.05) is 20.1 Å². The van der Waals surface area contributed by atoms with Crippen LogP contribution in [0.2, 0.25) is 0 Å². The molecule has 0 radical (unpaired) electrons. The summed E-state index contributed by atoms with van der Waals surface area (Å²) in [7, 11) is 2.17. The minimum Gasteiger partial charge on any atom is -0.327 e. The van der Waals surface area contributed by atoms with Gasteiger partial charge >= 0.3 is 0 Å². The van der Waals surface area contributed by atoms with Crippen molar-refractivity contribution >= 4 is 0 Å². The van der Waals surface area contributed by atoms with Crippen LogP contribution in [0.1, 0.15) is 40.5 Å². The van der Waals surface area contributed by atoms with E-state index in [1.807, 2.05) is 0 Å². The van der Waals surface area contributed by atoms with Crippen LogP contribution in [0.25, 0.3) is 0 Å². The van der Waals surface area contributed by atoms with E-state index in [2.05, 4.69) is 39.6 Å². The van der Waals surface area contributed by atoms with Gasteiger partial charge in [-0.2, -0.15) is 0 Å². The monoisotopic (exact) mass is 200 g/mol. The topological polar surface area (TPSA) is 29.3 Å². The lowest BCUT2D eigenvalue weighted by molar-refractivity contribution is 0.278. The summed E-state index contributed by atoms with van der Waals surface area (Å²) in [6, 6.07) is 0.340. The van der Waals surface area contributed by atoms with Crippen LogP contribution >= 0.6 is 0 Å². The summed E-state index contributed by atoms with van der Waals surface area (Å²) in [6.45, 7) is 11.2. The number of nitrogens with two attached hydrogens (primary N) is 1. The van der Waals surface area contributed by atoms with Gasteiger partial charge in [-0.15, -0.1) is 0 Å². The zero-order chi connectivity index (χ0) is 11.1. The summed E-state index contributed by atoms with van der Waals surface area (Å²) in [5.41, 5.74) is 6.04. The molecule has 86 valence electrons. The van der Waals surface area contributed by atoms with Crippen LogP contribution in [0.4, 0.5) is 0 Å². The lowest BCUT2D eigenvalue weighted by Gasteiger charge is -2.23. The predicted molar refractivity (Wildman–Crippen MR) is 64.4 cm³/mol. The molecule has 0 rings (SSSR count). The van der Waals surface area contributed by atoms with Crippen molar-refractivity contribution in [3.63, 3.8) is 0 Å². The fourth-order valence-electron chi connectivity index (χ4n) is 1.65. The second kappa shape index (κ2) is 7.24. The minimum absolute atomic E-state index is 0.340. The van der Waals surface area contributed by atoms with Crippen LogP contribution < -0.4 is 5.73 Å². The molecule has 0 spiro atoms. The molecule has 0 amide bonds. The first-order valence-corrected chi connectivity index (χ1v) is 5.86. The Morgan fingerprint density at radius 2 is 1.64 bits per heavy atom. The van der Waals surface area contributed by atoms with Crippen molar-refractivity contribution in [2.45, 2.75) is 46.6 Å². The number of rotatable bonds is 7. The van der Waals surface area contributed by atoms with Crippen LogP contribution in [-0.4, -0.2) is 31.1 Å². The van der Waals surface area contributed by atoms with Crippen molar-refractivity contribution < 1.29 is 0 Å². The molecule has 1 atom stereocenters. The molecule has 1 unspecified atom stereocenters. The minimum atomic E-state index is 0.340. The average Bonchev–Trinajstić information content (AvgIpc) is 1.98. The van der Waals surface area contributed by atoms with Gasteiger partial charge in [-0.3, -0.25) is 0 Å². The highest BCUT2D eigenvalue weighted by Gasteiger charge is 2.08. The smallest absolute Gasteiger partial charge is 0.0170 e. The van der Waals surface area contributed by atoms with Crippen molar-refractivity contribution in [1.82, 2.24) is 4.90 Å². The standard InChI is InChI=1S/C12H28N2/c1-10(2)6-7-14(5)9-12(13)8-11(3)4/h10-12H,6-9,13H2,1-5H3. The van der Waals surface area contributed by atoms with Crippen molar-refractivity contribution in [3.05, 3.63) is 0 Å². The molecule has 0 saturated carbocycles. The highest BCUT2D eigenvalue weighted by molar-refractivity contribution is 4.68. The van der Waals surface area contributed by atoms with E-state index in [1.165, 1.54) is 13.0 Å². The zero-order valence-corrected chi connectivity index (χ0v) is 10.6. The first-order valence-electron chi connectivity index (χ1n) is 5.86. The Balaban J connectivity index is 3.55. The van der Waals surface area contributed by atoms with Gasteiger partial charge in [0.1, 0.15) is 0 Å². The van der Waals surface area contributed by atoms with Crippen molar-refractivity contribution in [2.24, 2.45) is 17.6 Å². The molecule has 0 aliphatic rings. The second-order valence-corrected chi connectivity index (χ2v) is 5.33. The van der Waals surface area contributed by atoms with E-state index in [0.29, 0.717) is 12.0 Å². The van der Waals surface area contributed by atoms with Gasteiger partial charge in [0.25, 0.3) is 0 Å². The lowest BCUT2D eigenvalue weighted by atomic mass is 10.0. The van der Waals surface area contributed by atoms with E-state index >= 15 is 0 Å². The maximum atomic E-state index is 6.04. The van der Waals surface area contributed by atoms with Gasteiger partial charge in [0.15, 0.2) is 0 Å². The van der Waals surface area contributed by atoms with Gasteiger partial charge in [0.05, 0.1) is 0 Å². The molecule has 2 nitrogen and oxygen atoms in total. The van der Waals surface area contributed by atoms with Crippen LogP contribution in [-0.2, 0) is 0 Å². The van der Waals surface area contributed by atoms with Gasteiger partial charge in [-0.05, 0) is 38.3 Å². The Bertz CT molecular complexity index is 132. The van der Waals surface area contributed by atoms with E-state index in [9.17, 15) is 0 Å². The normalized spacial score (nSPS) is 14.4. The fraction of sp³-hybridized carbons (Fsp3) is 1.00. The molecular formula is C12H28N2. The van der Waals surface area contributed by atoms with Gasteiger partial charge in [0.2, 0.25) is 0 Å². The molecule has 2 N–H and O–H groups in total. The van der Waals surface area contributed by atoms with Crippen LogP contribution in [0.15, 0.2) is 0 Å². The van der Waals surface area contributed by atoms with E-state index in [4.69, 9.17) is 5.73 Å². The molecule has 0 bridgehead atoms. The molecule has 0 aromatic heterocycles. The van der Waals surface area contributed by atoms with Crippen molar-refractivity contribution in [1.29, 1.82) is 0 Å². The summed E-state index contributed by atoms with van der Waals surface area (Å²) in [6.07, 6.45) is 2.40. The van der Waals surface area contributed by atoms with E-state index < -0.39 is 0 Å². The maximum absolute atomic E-state index is 6.04. The quantitative estimate of drug-likeness (QED) is 0.683. The highest BCUT2D eigenvalue weighted by Crippen LogP contribution is 2.05. The first-order chi connectivity index (χ1) is 6.41. The largest absolute Gasteiger partial charge is 0.327 e. The van der Waals surface area contributed by atoms with Gasteiger partial charge in [0, 0.05) is 12.6 Å². The van der Waals surface area contributed by atoms with E-state index in [0.717, 1.165) is 18.9 Å². The number of hydrogen-bond donors (Lipinski definition) is 1. The Morgan fingerprint density at radius 3 is 2.07 bits per heavy atom. The third-order valence-corrected chi connectivity index (χ3v) is 2.41. The molecule has 0 aliphatic heterocycles. The number of nitrogens with zero attached hydrogens (tertiary/aromatic N) is 1. The Hall–Kier alpha value is -0.0800. The van der Waals surface area contributed by atoms with Crippen LogP contribution in [0.5, 0.6) is 0 Å². The molecule has 0 fully saturated rings. The van der Waals surface area contributed by atoms with Crippen LogP contribution in [0.3, 0.4) is 0 Å². The average molecular weight is 200 g/mol. The van der Waals surface area contributed by atoms with Gasteiger partial charge in [-0.1, -0.05) is 27.7 Å². The van der Waals surface area contributed by atoms with Crippen LogP contribution in [0, 0.1) is 11.8 Å². The third kappa shape index (κ3) is 8.52. The molecule has 0 heterocycles. The van der Waals surface area contributed by atoms with Crippen molar-refractivity contribution in [3.8, 4) is 0 Å². The lowest BCUT2D eigenvalue weighted by Crippen LogP contribution is -2.36. The molecule has 14 heavy (non-hydrogen) atoms. The molecule has 0 aromatic rings. The first kappa shape index (κ1) is 13.9. The SMILES string of the molecule is CC(C)CCN(C)CC(N)CC(C)C. The summed E-state index contributed by atoms with van der Waals surface area (Å²) in [5.74, 6) is 1.50. The van der Waals surface area contributed by atoms with E-state index in [-0.39, 0.29) is 0 Å². The predicted octanol–water partition coefficient (Wildman–Crippen LogP) is 2.34. The molecule has 0 aliphatic carbocycles. The fourth-order valence-corrected chi connectivity index (χ4v) is 1.65. The summed E-state index contributed by atoms with van der Waals surface area (Å²) >= 11 is 0. The molecule has 2 heteroatoms. The second-order valence-electron chi connectivity index (χ2n) is 5.33. The Labute approximate surface area is 89.9 Å². The zero-order valence-electron chi connectivity index (χ0n) is 10.6. The Morgan fingerprint density at radius 1 is 1.07 bits per heavy atom. The summed E-state index contributed by atoms with van der Waals surface area (Å²) in [4.78, 5) is 2.35. The number of hydrogen-bond acceptors (Lipinski definition) is 2. The third-order valence-electron chi connectivity index (χ3n) is 2.41. The Kier molecular flexibility index (Phi) is 7.20. The van der Waals surface area contributed by atoms with E-state index in [1.54, 1.807) is 0 Å². The highest BCUT2D eigenvalue weighted by atomic mass is 15.1. The molecule has 0 aromatic carbocycles. The summed E-state index contributed by atoms with van der Waals surface area (Å²) < 4.78 is 0. The van der Waals surface area contributed by atoms with Gasteiger partial charge < -0.3 is 10.6 Å². The summed E-state index contributed by atoms with van der Waals surface area (Å²) in [5, 5.41) is 0. The molecule has 0 saturated heterocycles. The van der Waals surface area contributed by atoms with Gasteiger partial charge in [-0.25, -0.2) is 0 Å². The molecular weight excluding hydrogens is 172 g/mol. The number of likely N-dealkylation sites (N-methyl/N-ethyl adjacent to an activating group) is 1. The maximum Gasteiger partial charge on any atom is 0.0170 e.